The van der Waals surface area contributed by atoms with Gasteiger partial charge in [-0.05, 0) is 29.9 Å². The molecule has 0 radical (unpaired) electrons. The molecule has 6 heteroatoms. The van der Waals surface area contributed by atoms with Crippen LogP contribution in [0, 0.1) is 0 Å². The molecule has 2 rings (SSSR count). The van der Waals surface area contributed by atoms with Crippen molar-refractivity contribution >= 4 is 17.2 Å². The monoisotopic (exact) mass is 283 g/mol. The summed E-state index contributed by atoms with van der Waals surface area (Å²) in [6.07, 6.45) is 1.40. The van der Waals surface area contributed by atoms with Gasteiger partial charge in [-0.3, -0.25) is 9.35 Å². The normalized spacial score (nSPS) is 21.4. The second kappa shape index (κ2) is 6.27. The number of hydrogen-bond acceptors (Lipinski definition) is 2. The number of benzene rings is 1. The summed E-state index contributed by atoms with van der Waals surface area (Å²) in [5.74, 6) is -0.662. The van der Waals surface area contributed by atoms with Crippen LogP contribution in [0.3, 0.4) is 0 Å². The van der Waals surface area contributed by atoms with Crippen molar-refractivity contribution in [1.82, 2.24) is 4.31 Å². The zero-order chi connectivity index (χ0) is 13.8. The number of hydrogen-bond donors (Lipinski definition) is 2. The van der Waals surface area contributed by atoms with E-state index in [1.807, 2.05) is 24.3 Å². The Balaban J connectivity index is 2.22. The first-order valence-electron chi connectivity index (χ1n) is 6.23. The molecule has 104 valence electrons. The van der Waals surface area contributed by atoms with E-state index in [0.717, 1.165) is 11.1 Å². The van der Waals surface area contributed by atoms with E-state index in [2.05, 4.69) is 0 Å². The lowest BCUT2D eigenvalue weighted by atomic mass is 9.89. The highest BCUT2D eigenvalue weighted by Crippen LogP contribution is 2.32. The quantitative estimate of drug-likeness (QED) is 0.828. The van der Waals surface area contributed by atoms with Gasteiger partial charge in [-0.15, -0.1) is 0 Å². The predicted molar refractivity (Wildman–Crippen MR) is 71.9 cm³/mol. The van der Waals surface area contributed by atoms with E-state index in [-0.39, 0.29) is 12.3 Å². The van der Waals surface area contributed by atoms with Crippen molar-refractivity contribution in [2.24, 2.45) is 0 Å². The number of fused-ring (bicyclic) bond motifs is 1. The summed E-state index contributed by atoms with van der Waals surface area (Å²) < 4.78 is 22.0. The molecule has 19 heavy (non-hydrogen) atoms. The molecule has 1 aromatic rings. The van der Waals surface area contributed by atoms with Crippen molar-refractivity contribution in [1.29, 1.82) is 0 Å². The lowest BCUT2D eigenvalue weighted by Gasteiger charge is -2.15. The molecule has 0 spiro atoms. The number of rotatable bonds is 4. The van der Waals surface area contributed by atoms with Gasteiger partial charge in [0.05, 0.1) is 0 Å². The van der Waals surface area contributed by atoms with Gasteiger partial charge in [0.25, 0.3) is 0 Å². The Morgan fingerprint density at radius 2 is 2.16 bits per heavy atom. The molecule has 2 N–H and O–H groups in total. The minimum atomic E-state index is -1.98. The van der Waals surface area contributed by atoms with E-state index in [4.69, 9.17) is 5.11 Å². The fourth-order valence-electron chi connectivity index (χ4n) is 2.53. The Kier molecular flexibility index (Phi) is 4.68. The summed E-state index contributed by atoms with van der Waals surface area (Å²) >= 11 is -1.98. The SMILES string of the molecule is O=C(O)CCC1CCN(S(=O)O)Cc2ccccc21. The maximum Gasteiger partial charge on any atom is 0.303 e. The van der Waals surface area contributed by atoms with E-state index >= 15 is 0 Å². The zero-order valence-corrected chi connectivity index (χ0v) is 11.3. The lowest BCUT2D eigenvalue weighted by molar-refractivity contribution is -0.137. The molecule has 1 aromatic carbocycles. The Morgan fingerprint density at radius 3 is 2.84 bits per heavy atom. The van der Waals surface area contributed by atoms with Crippen LogP contribution in [0.25, 0.3) is 0 Å². The number of carboxylic acid groups (broad SMARTS) is 1. The number of carboxylic acids is 1. The fourth-order valence-corrected chi connectivity index (χ4v) is 3.04. The minimum Gasteiger partial charge on any atom is -0.481 e. The van der Waals surface area contributed by atoms with Crippen molar-refractivity contribution in [2.45, 2.75) is 31.7 Å². The average molecular weight is 283 g/mol. The Labute approximate surface area is 114 Å². The van der Waals surface area contributed by atoms with Gasteiger partial charge in [-0.25, -0.2) is 4.21 Å². The molecule has 2 atom stereocenters. The van der Waals surface area contributed by atoms with E-state index < -0.39 is 17.2 Å². The number of carbonyl (C=O) groups is 1. The van der Waals surface area contributed by atoms with Gasteiger partial charge in [0.15, 0.2) is 0 Å². The Bertz CT molecular complexity index is 491. The summed E-state index contributed by atoms with van der Waals surface area (Å²) in [4.78, 5) is 10.7. The summed E-state index contributed by atoms with van der Waals surface area (Å²) in [7, 11) is 0. The van der Waals surface area contributed by atoms with Crippen molar-refractivity contribution in [2.75, 3.05) is 6.54 Å². The molecule has 0 aromatic heterocycles. The first-order valence-corrected chi connectivity index (χ1v) is 7.30. The predicted octanol–water partition coefficient (Wildman–Crippen LogP) is 1.98. The topological polar surface area (TPSA) is 77.8 Å². The molecule has 0 amide bonds. The van der Waals surface area contributed by atoms with Crippen molar-refractivity contribution < 1.29 is 18.7 Å². The molecule has 0 fully saturated rings. The zero-order valence-electron chi connectivity index (χ0n) is 10.5. The molecular formula is C13H17NO4S. The highest BCUT2D eigenvalue weighted by Gasteiger charge is 2.24. The van der Waals surface area contributed by atoms with Gasteiger partial charge in [-0.1, -0.05) is 24.3 Å². The van der Waals surface area contributed by atoms with Crippen LogP contribution in [-0.2, 0) is 22.6 Å². The molecule has 0 saturated heterocycles. The fraction of sp³-hybridized carbons (Fsp3) is 0.462. The van der Waals surface area contributed by atoms with Crippen LogP contribution < -0.4 is 0 Å². The lowest BCUT2D eigenvalue weighted by Crippen LogP contribution is -2.25. The molecule has 1 heterocycles. The van der Waals surface area contributed by atoms with E-state index in [0.29, 0.717) is 25.9 Å². The summed E-state index contributed by atoms with van der Waals surface area (Å²) in [6, 6.07) is 7.76. The number of nitrogens with zero attached hydrogens (tertiary/aromatic N) is 1. The Morgan fingerprint density at radius 1 is 1.42 bits per heavy atom. The van der Waals surface area contributed by atoms with Gasteiger partial charge in [0.2, 0.25) is 11.3 Å². The first-order chi connectivity index (χ1) is 9.08. The average Bonchev–Trinajstić information content (AvgIpc) is 2.55. The standard InChI is InChI=1S/C13H17NO4S/c15-13(16)6-5-10-7-8-14(19(17)18)9-11-3-1-2-4-12(10)11/h1-4,10H,5-9H2,(H,15,16)(H,17,18). The van der Waals surface area contributed by atoms with Crippen molar-refractivity contribution in [3.05, 3.63) is 35.4 Å². The van der Waals surface area contributed by atoms with Gasteiger partial charge in [0.1, 0.15) is 0 Å². The molecule has 5 nitrogen and oxygen atoms in total. The maximum absolute atomic E-state index is 11.2. The summed E-state index contributed by atoms with van der Waals surface area (Å²) in [5.41, 5.74) is 2.12. The van der Waals surface area contributed by atoms with Crippen LogP contribution in [0.1, 0.15) is 36.3 Å². The van der Waals surface area contributed by atoms with Crippen LogP contribution >= 0.6 is 0 Å². The van der Waals surface area contributed by atoms with Gasteiger partial charge < -0.3 is 5.11 Å². The van der Waals surface area contributed by atoms with Gasteiger partial charge >= 0.3 is 5.97 Å². The second-order valence-electron chi connectivity index (χ2n) is 4.71. The van der Waals surface area contributed by atoms with Crippen LogP contribution in [-0.4, -0.2) is 30.7 Å². The molecule has 1 aliphatic rings. The second-order valence-corrected chi connectivity index (χ2v) is 5.69. The van der Waals surface area contributed by atoms with Crippen LogP contribution in [0.2, 0.25) is 0 Å². The van der Waals surface area contributed by atoms with Crippen molar-refractivity contribution in [3.8, 4) is 0 Å². The highest BCUT2D eigenvalue weighted by molar-refractivity contribution is 7.76. The number of aliphatic carboxylic acids is 1. The van der Waals surface area contributed by atoms with Gasteiger partial charge in [-0.2, -0.15) is 4.31 Å². The Hall–Kier alpha value is -1.24. The van der Waals surface area contributed by atoms with E-state index in [1.165, 1.54) is 4.31 Å². The van der Waals surface area contributed by atoms with Crippen LogP contribution in [0.15, 0.2) is 24.3 Å². The molecule has 2 unspecified atom stereocenters. The van der Waals surface area contributed by atoms with Crippen LogP contribution in [0.5, 0.6) is 0 Å². The van der Waals surface area contributed by atoms with Crippen LogP contribution in [0.4, 0.5) is 0 Å². The van der Waals surface area contributed by atoms with E-state index in [1.54, 1.807) is 0 Å². The largest absolute Gasteiger partial charge is 0.481 e. The molecule has 0 aliphatic carbocycles. The summed E-state index contributed by atoms with van der Waals surface area (Å²) in [6.45, 7) is 0.935. The van der Waals surface area contributed by atoms with Crippen molar-refractivity contribution in [3.63, 3.8) is 0 Å². The van der Waals surface area contributed by atoms with E-state index in [9.17, 15) is 13.6 Å². The first kappa shape index (κ1) is 14.2. The maximum atomic E-state index is 11.2. The third kappa shape index (κ3) is 3.62. The molecular weight excluding hydrogens is 266 g/mol. The molecule has 0 saturated carbocycles. The smallest absolute Gasteiger partial charge is 0.303 e. The van der Waals surface area contributed by atoms with Gasteiger partial charge in [0, 0.05) is 19.5 Å². The highest BCUT2D eigenvalue weighted by atomic mass is 32.2. The molecule has 1 aliphatic heterocycles. The summed E-state index contributed by atoms with van der Waals surface area (Å²) in [5, 5.41) is 8.80. The molecule has 0 bridgehead atoms. The minimum absolute atomic E-state index is 0.126. The third-order valence-electron chi connectivity index (χ3n) is 3.50. The third-order valence-corrected chi connectivity index (χ3v) is 4.25.